The van der Waals surface area contributed by atoms with Gasteiger partial charge in [-0.1, -0.05) is 23.7 Å². The van der Waals surface area contributed by atoms with Crippen molar-refractivity contribution in [3.63, 3.8) is 0 Å². The number of rotatable bonds is 5. The topological polar surface area (TPSA) is 82.1 Å². The largest absolute Gasteiger partial charge is 0.490 e. The van der Waals surface area contributed by atoms with Crippen LogP contribution in [0.2, 0.25) is 5.02 Å². The fraction of sp³-hybridized carbons (Fsp3) is 0.619. The Balaban J connectivity index is 0.000000360. The number of carboxylic acid groups (broad SMARTS) is 1. The van der Waals surface area contributed by atoms with Crippen LogP contribution in [-0.2, 0) is 20.9 Å². The molecule has 1 aromatic carbocycles. The summed E-state index contributed by atoms with van der Waals surface area (Å²) in [5.74, 6) is -1.91. The standard InChI is InChI=1S/C19H26ClN3O2.C2HF3O2/c1-21-18(24)17-10-25-19(13-23(17)9-14-5-6-14)11-22(12-19)8-15-3-2-4-16(20)7-15;3-2(4,5)1(6)7/h2-4,7,14,17H,5-6,8-13H2,1H3,(H,21,24);(H,6,7). The van der Waals surface area contributed by atoms with Gasteiger partial charge in [0.2, 0.25) is 5.91 Å². The van der Waals surface area contributed by atoms with E-state index in [0.717, 1.165) is 43.7 Å². The second kappa shape index (κ2) is 9.94. The summed E-state index contributed by atoms with van der Waals surface area (Å²) in [5, 5.41) is 10.7. The molecule has 11 heteroatoms. The van der Waals surface area contributed by atoms with E-state index in [0.29, 0.717) is 6.61 Å². The number of halogens is 4. The van der Waals surface area contributed by atoms with Crippen LogP contribution in [0.1, 0.15) is 18.4 Å². The average molecular weight is 478 g/mol. The van der Waals surface area contributed by atoms with Gasteiger partial charge in [-0.3, -0.25) is 14.6 Å². The lowest BCUT2D eigenvalue weighted by atomic mass is 9.89. The van der Waals surface area contributed by atoms with Crippen LogP contribution in [0.5, 0.6) is 0 Å². The molecule has 0 radical (unpaired) electrons. The highest BCUT2D eigenvalue weighted by Crippen LogP contribution is 2.36. The third kappa shape index (κ3) is 6.57. The summed E-state index contributed by atoms with van der Waals surface area (Å²) in [6.07, 6.45) is -2.49. The highest BCUT2D eigenvalue weighted by Gasteiger charge is 2.50. The molecule has 32 heavy (non-hydrogen) atoms. The summed E-state index contributed by atoms with van der Waals surface area (Å²) in [6.45, 7) is 5.11. The van der Waals surface area contributed by atoms with Gasteiger partial charge in [-0.2, -0.15) is 13.2 Å². The van der Waals surface area contributed by atoms with Gasteiger partial charge in [0, 0.05) is 44.8 Å². The maximum absolute atomic E-state index is 12.2. The van der Waals surface area contributed by atoms with Gasteiger partial charge < -0.3 is 15.2 Å². The van der Waals surface area contributed by atoms with Gasteiger partial charge >= 0.3 is 12.1 Å². The van der Waals surface area contributed by atoms with Crippen LogP contribution in [0.3, 0.4) is 0 Å². The molecular weight excluding hydrogens is 451 g/mol. The Kier molecular flexibility index (Phi) is 7.69. The van der Waals surface area contributed by atoms with Crippen molar-refractivity contribution >= 4 is 23.5 Å². The Morgan fingerprint density at radius 1 is 1.28 bits per heavy atom. The van der Waals surface area contributed by atoms with Crippen LogP contribution in [0, 0.1) is 5.92 Å². The molecular formula is C21H27ClF3N3O4. The van der Waals surface area contributed by atoms with Crippen molar-refractivity contribution < 1.29 is 32.6 Å². The number of likely N-dealkylation sites (tertiary alicyclic amines) is 1. The van der Waals surface area contributed by atoms with Crippen LogP contribution in [0.15, 0.2) is 24.3 Å². The van der Waals surface area contributed by atoms with E-state index in [9.17, 15) is 18.0 Å². The number of benzene rings is 1. The molecule has 2 saturated heterocycles. The van der Waals surface area contributed by atoms with E-state index in [2.05, 4.69) is 21.2 Å². The fourth-order valence-corrected chi connectivity index (χ4v) is 4.30. The van der Waals surface area contributed by atoms with E-state index in [1.54, 1.807) is 7.05 Å². The fourth-order valence-electron chi connectivity index (χ4n) is 4.08. The summed E-state index contributed by atoms with van der Waals surface area (Å²) in [4.78, 5) is 25.8. The normalized spacial score (nSPS) is 23.1. The maximum Gasteiger partial charge on any atom is 0.490 e. The average Bonchev–Trinajstić information content (AvgIpc) is 3.50. The molecule has 1 atom stereocenters. The van der Waals surface area contributed by atoms with Crippen molar-refractivity contribution in [2.45, 2.75) is 37.2 Å². The smallest absolute Gasteiger partial charge is 0.475 e. The van der Waals surface area contributed by atoms with E-state index in [1.807, 2.05) is 18.2 Å². The van der Waals surface area contributed by atoms with E-state index in [1.165, 1.54) is 18.4 Å². The first-order valence-electron chi connectivity index (χ1n) is 10.4. The molecule has 3 aliphatic rings. The molecule has 3 fully saturated rings. The molecule has 1 amide bonds. The van der Waals surface area contributed by atoms with Gasteiger partial charge in [-0.15, -0.1) is 0 Å². The molecule has 0 bridgehead atoms. The number of morpholine rings is 1. The molecule has 1 spiro atoms. The number of carboxylic acids is 1. The highest BCUT2D eigenvalue weighted by atomic mass is 35.5. The zero-order valence-electron chi connectivity index (χ0n) is 17.7. The zero-order chi connectivity index (χ0) is 23.5. The van der Waals surface area contributed by atoms with E-state index in [-0.39, 0.29) is 17.6 Å². The van der Waals surface area contributed by atoms with Crippen LogP contribution in [0.4, 0.5) is 13.2 Å². The Morgan fingerprint density at radius 2 is 1.94 bits per heavy atom. The van der Waals surface area contributed by atoms with Crippen LogP contribution in [-0.4, -0.2) is 84.4 Å². The van der Waals surface area contributed by atoms with E-state index >= 15 is 0 Å². The zero-order valence-corrected chi connectivity index (χ0v) is 18.5. The minimum Gasteiger partial charge on any atom is -0.475 e. The molecule has 1 aromatic rings. The van der Waals surface area contributed by atoms with E-state index < -0.39 is 12.1 Å². The number of carbonyl (C=O) groups is 2. The number of hydrogen-bond donors (Lipinski definition) is 2. The number of likely N-dealkylation sites (N-methyl/N-ethyl adjacent to an activating group) is 1. The van der Waals surface area contributed by atoms with E-state index in [4.69, 9.17) is 26.2 Å². The molecule has 2 aliphatic heterocycles. The van der Waals surface area contributed by atoms with Gasteiger partial charge in [-0.25, -0.2) is 4.79 Å². The Hall–Kier alpha value is -1.88. The molecule has 1 saturated carbocycles. The van der Waals surface area contributed by atoms with Gasteiger partial charge in [0.05, 0.1) is 6.61 Å². The molecule has 2 heterocycles. The number of amides is 1. The summed E-state index contributed by atoms with van der Waals surface area (Å²) >= 11 is 6.08. The van der Waals surface area contributed by atoms with Gasteiger partial charge in [0.15, 0.2) is 0 Å². The molecule has 2 N–H and O–H groups in total. The number of carbonyl (C=O) groups excluding carboxylic acids is 1. The molecule has 0 aromatic heterocycles. The Bertz CT molecular complexity index is 829. The number of nitrogens with zero attached hydrogens (tertiary/aromatic N) is 2. The lowest BCUT2D eigenvalue weighted by molar-refractivity contribution is -0.203. The summed E-state index contributed by atoms with van der Waals surface area (Å²) in [6, 6.07) is 7.89. The second-order valence-electron chi connectivity index (χ2n) is 8.57. The summed E-state index contributed by atoms with van der Waals surface area (Å²) < 4.78 is 37.9. The minimum atomic E-state index is -5.08. The number of ether oxygens (including phenoxy) is 1. The predicted octanol–water partition coefficient (Wildman–Crippen LogP) is 2.38. The van der Waals surface area contributed by atoms with Crippen molar-refractivity contribution in [1.29, 1.82) is 0 Å². The molecule has 7 nitrogen and oxygen atoms in total. The van der Waals surface area contributed by atoms with Crippen molar-refractivity contribution in [2.75, 3.05) is 39.8 Å². The third-order valence-electron chi connectivity index (χ3n) is 5.78. The second-order valence-corrected chi connectivity index (χ2v) is 9.01. The Morgan fingerprint density at radius 3 is 2.47 bits per heavy atom. The van der Waals surface area contributed by atoms with Gasteiger partial charge in [-0.05, 0) is 36.5 Å². The lowest BCUT2D eigenvalue weighted by Gasteiger charge is -2.55. The first-order valence-corrected chi connectivity index (χ1v) is 10.8. The van der Waals surface area contributed by atoms with Crippen molar-refractivity contribution in [3.05, 3.63) is 34.9 Å². The van der Waals surface area contributed by atoms with Gasteiger partial charge in [0.25, 0.3) is 0 Å². The van der Waals surface area contributed by atoms with Crippen LogP contribution < -0.4 is 5.32 Å². The molecule has 1 unspecified atom stereocenters. The van der Waals surface area contributed by atoms with Crippen molar-refractivity contribution in [2.24, 2.45) is 5.92 Å². The SMILES string of the molecule is CNC(=O)C1COC2(CN(Cc3cccc(Cl)c3)C2)CN1CC1CC1.O=C(O)C(F)(F)F. The summed E-state index contributed by atoms with van der Waals surface area (Å²) in [5.41, 5.74) is 1.12. The molecule has 4 rings (SSSR count). The van der Waals surface area contributed by atoms with Crippen molar-refractivity contribution in [1.82, 2.24) is 15.1 Å². The predicted molar refractivity (Wildman–Crippen MR) is 111 cm³/mol. The molecule has 1 aliphatic carbocycles. The third-order valence-corrected chi connectivity index (χ3v) is 6.01. The summed E-state index contributed by atoms with van der Waals surface area (Å²) in [7, 11) is 1.71. The number of alkyl halides is 3. The number of nitrogens with one attached hydrogen (secondary N) is 1. The van der Waals surface area contributed by atoms with Crippen LogP contribution >= 0.6 is 11.6 Å². The monoisotopic (exact) mass is 477 g/mol. The highest BCUT2D eigenvalue weighted by molar-refractivity contribution is 6.30. The Labute approximate surface area is 189 Å². The minimum absolute atomic E-state index is 0.0746. The number of hydrogen-bond acceptors (Lipinski definition) is 5. The van der Waals surface area contributed by atoms with Gasteiger partial charge in [0.1, 0.15) is 11.6 Å². The maximum atomic E-state index is 12.2. The number of aliphatic carboxylic acids is 1. The molecule has 178 valence electrons. The van der Waals surface area contributed by atoms with Crippen LogP contribution in [0.25, 0.3) is 0 Å². The quantitative estimate of drug-likeness (QED) is 0.677. The van der Waals surface area contributed by atoms with Crippen molar-refractivity contribution in [3.8, 4) is 0 Å². The first-order chi connectivity index (χ1) is 15.0. The lowest BCUT2D eigenvalue weighted by Crippen LogP contribution is -2.72. The first kappa shape index (κ1) is 24.8.